The van der Waals surface area contributed by atoms with E-state index in [9.17, 15) is 5.11 Å². The first-order valence-corrected chi connectivity index (χ1v) is 8.17. The van der Waals surface area contributed by atoms with Gasteiger partial charge in [0.05, 0.1) is 10.1 Å². The lowest BCUT2D eigenvalue weighted by molar-refractivity contribution is 0.0504. The van der Waals surface area contributed by atoms with Gasteiger partial charge in [-0.25, -0.2) is 0 Å². The van der Waals surface area contributed by atoms with Crippen molar-refractivity contribution in [1.82, 2.24) is 0 Å². The van der Waals surface area contributed by atoms with Crippen molar-refractivity contribution in [1.29, 1.82) is 0 Å². The van der Waals surface area contributed by atoms with Crippen LogP contribution < -0.4 is 10.5 Å². The average molecular weight is 415 g/mol. The summed E-state index contributed by atoms with van der Waals surface area (Å²) in [6.07, 6.45) is 0.519. The molecule has 2 rings (SSSR count). The highest BCUT2D eigenvalue weighted by Gasteiger charge is 2.21. The molecule has 0 aliphatic rings. The SMILES string of the molecule is CC(O)(CCN)c1ccc(Oc2ccc(Br)cc2Br)cc1. The van der Waals surface area contributed by atoms with E-state index in [2.05, 4.69) is 31.9 Å². The lowest BCUT2D eigenvalue weighted by Crippen LogP contribution is -2.24. The van der Waals surface area contributed by atoms with E-state index in [1.165, 1.54) is 0 Å². The number of rotatable bonds is 5. The van der Waals surface area contributed by atoms with Crippen molar-refractivity contribution in [3.05, 3.63) is 57.0 Å². The predicted molar refractivity (Wildman–Crippen MR) is 91.6 cm³/mol. The molecule has 0 amide bonds. The molecule has 0 aliphatic carbocycles. The van der Waals surface area contributed by atoms with Crippen LogP contribution in [0.4, 0.5) is 0 Å². The topological polar surface area (TPSA) is 55.5 Å². The second-order valence-electron chi connectivity index (χ2n) is 5.01. The van der Waals surface area contributed by atoms with Crippen LogP contribution in [0.1, 0.15) is 18.9 Å². The Bertz CT molecular complexity index is 612. The summed E-state index contributed by atoms with van der Waals surface area (Å²) in [6, 6.07) is 13.1. The van der Waals surface area contributed by atoms with Crippen LogP contribution in [-0.2, 0) is 5.60 Å². The van der Waals surface area contributed by atoms with Crippen molar-refractivity contribution in [2.24, 2.45) is 5.73 Å². The Hall–Kier alpha value is -0.880. The molecule has 0 aromatic heterocycles. The molecule has 2 aromatic carbocycles. The molecule has 3 nitrogen and oxygen atoms in total. The molecule has 1 unspecified atom stereocenters. The Morgan fingerprint density at radius 1 is 1.14 bits per heavy atom. The molecular weight excluding hydrogens is 398 g/mol. The minimum atomic E-state index is -0.911. The van der Waals surface area contributed by atoms with E-state index in [0.29, 0.717) is 18.7 Å². The van der Waals surface area contributed by atoms with Crippen LogP contribution in [0.5, 0.6) is 11.5 Å². The van der Waals surface area contributed by atoms with Crippen LogP contribution in [0.25, 0.3) is 0 Å². The van der Waals surface area contributed by atoms with E-state index in [1.54, 1.807) is 6.92 Å². The molecule has 1 atom stereocenters. The Balaban J connectivity index is 2.16. The first kappa shape index (κ1) is 16.5. The molecule has 5 heteroatoms. The van der Waals surface area contributed by atoms with Gasteiger partial charge in [0.15, 0.2) is 0 Å². The summed E-state index contributed by atoms with van der Waals surface area (Å²) < 4.78 is 7.67. The highest BCUT2D eigenvalue weighted by Crippen LogP contribution is 2.33. The standard InChI is InChI=1S/C16H17Br2NO2/c1-16(20,8-9-19)11-2-5-13(6-3-11)21-15-7-4-12(17)10-14(15)18/h2-7,10,20H,8-9,19H2,1H3. The number of halogens is 2. The Morgan fingerprint density at radius 2 is 1.81 bits per heavy atom. The van der Waals surface area contributed by atoms with Gasteiger partial charge in [0.1, 0.15) is 11.5 Å². The molecule has 0 spiro atoms. The Labute approximate surface area is 141 Å². The Kier molecular flexibility index (Phi) is 5.43. The van der Waals surface area contributed by atoms with Crippen molar-refractivity contribution in [2.75, 3.05) is 6.54 Å². The summed E-state index contributed by atoms with van der Waals surface area (Å²) in [4.78, 5) is 0. The summed E-state index contributed by atoms with van der Waals surface area (Å²) in [5.41, 5.74) is 5.44. The van der Waals surface area contributed by atoms with Gasteiger partial charge in [-0.15, -0.1) is 0 Å². The zero-order valence-electron chi connectivity index (χ0n) is 11.6. The van der Waals surface area contributed by atoms with Gasteiger partial charge in [-0.2, -0.15) is 0 Å². The van der Waals surface area contributed by atoms with Crippen LogP contribution in [-0.4, -0.2) is 11.7 Å². The minimum absolute atomic E-state index is 0.442. The first-order chi connectivity index (χ1) is 9.92. The first-order valence-electron chi connectivity index (χ1n) is 6.58. The van der Waals surface area contributed by atoms with Crippen LogP contribution in [0, 0.1) is 0 Å². The summed E-state index contributed by atoms with van der Waals surface area (Å²) >= 11 is 6.87. The third-order valence-electron chi connectivity index (χ3n) is 3.23. The van der Waals surface area contributed by atoms with Gasteiger partial charge >= 0.3 is 0 Å². The summed E-state index contributed by atoms with van der Waals surface area (Å²) in [6.45, 7) is 2.21. The summed E-state index contributed by atoms with van der Waals surface area (Å²) in [7, 11) is 0. The fourth-order valence-electron chi connectivity index (χ4n) is 1.99. The van der Waals surface area contributed by atoms with Crippen molar-refractivity contribution in [3.63, 3.8) is 0 Å². The zero-order chi connectivity index (χ0) is 15.5. The highest BCUT2D eigenvalue weighted by molar-refractivity contribution is 9.11. The number of benzene rings is 2. The average Bonchev–Trinajstić information content (AvgIpc) is 2.42. The van der Waals surface area contributed by atoms with Gasteiger partial charge in [0.25, 0.3) is 0 Å². The fraction of sp³-hybridized carbons (Fsp3) is 0.250. The molecule has 0 heterocycles. The molecule has 0 saturated heterocycles. The maximum atomic E-state index is 10.3. The molecule has 0 aliphatic heterocycles. The van der Waals surface area contributed by atoms with Crippen molar-refractivity contribution < 1.29 is 9.84 Å². The van der Waals surface area contributed by atoms with E-state index in [4.69, 9.17) is 10.5 Å². The van der Waals surface area contributed by atoms with Gasteiger partial charge < -0.3 is 15.6 Å². The van der Waals surface area contributed by atoms with Gasteiger partial charge in [-0.05, 0) is 71.7 Å². The maximum Gasteiger partial charge on any atom is 0.141 e. The number of hydrogen-bond donors (Lipinski definition) is 2. The van der Waals surface area contributed by atoms with Gasteiger partial charge in [-0.1, -0.05) is 28.1 Å². The van der Waals surface area contributed by atoms with Crippen molar-refractivity contribution in [2.45, 2.75) is 18.9 Å². The third-order valence-corrected chi connectivity index (χ3v) is 4.34. The summed E-state index contributed by atoms with van der Waals surface area (Å²) in [5, 5.41) is 10.3. The highest BCUT2D eigenvalue weighted by atomic mass is 79.9. The van der Waals surface area contributed by atoms with E-state index in [0.717, 1.165) is 20.3 Å². The van der Waals surface area contributed by atoms with Crippen molar-refractivity contribution in [3.8, 4) is 11.5 Å². The maximum absolute atomic E-state index is 10.3. The predicted octanol–water partition coefficient (Wildman–Crippen LogP) is 4.56. The van der Waals surface area contributed by atoms with Crippen LogP contribution in [0.15, 0.2) is 51.4 Å². The summed E-state index contributed by atoms with van der Waals surface area (Å²) in [5.74, 6) is 1.45. The van der Waals surface area contributed by atoms with E-state index < -0.39 is 5.60 Å². The molecule has 0 bridgehead atoms. The normalized spacial score (nSPS) is 13.8. The van der Waals surface area contributed by atoms with E-state index in [-0.39, 0.29) is 0 Å². The smallest absolute Gasteiger partial charge is 0.141 e. The lowest BCUT2D eigenvalue weighted by atomic mass is 9.93. The molecule has 112 valence electrons. The van der Waals surface area contributed by atoms with Crippen LogP contribution >= 0.6 is 31.9 Å². The second-order valence-corrected chi connectivity index (χ2v) is 6.78. The fourth-order valence-corrected chi connectivity index (χ4v) is 3.12. The molecule has 0 radical (unpaired) electrons. The monoisotopic (exact) mass is 413 g/mol. The third kappa shape index (κ3) is 4.30. The van der Waals surface area contributed by atoms with Gasteiger partial charge in [0, 0.05) is 4.47 Å². The molecular formula is C16H17Br2NO2. The molecule has 3 N–H and O–H groups in total. The number of nitrogens with two attached hydrogens (primary N) is 1. The molecule has 0 saturated carbocycles. The molecule has 2 aromatic rings. The number of aliphatic hydroxyl groups is 1. The van der Waals surface area contributed by atoms with E-state index in [1.807, 2.05) is 42.5 Å². The molecule has 0 fully saturated rings. The lowest BCUT2D eigenvalue weighted by Gasteiger charge is -2.23. The number of hydrogen-bond acceptors (Lipinski definition) is 3. The van der Waals surface area contributed by atoms with Gasteiger partial charge in [-0.3, -0.25) is 0 Å². The number of ether oxygens (including phenoxy) is 1. The quantitative estimate of drug-likeness (QED) is 0.753. The minimum Gasteiger partial charge on any atom is -0.456 e. The second kappa shape index (κ2) is 6.92. The largest absolute Gasteiger partial charge is 0.456 e. The van der Waals surface area contributed by atoms with E-state index >= 15 is 0 Å². The van der Waals surface area contributed by atoms with Crippen molar-refractivity contribution >= 4 is 31.9 Å². The van der Waals surface area contributed by atoms with Crippen LogP contribution in [0.3, 0.4) is 0 Å². The molecule has 21 heavy (non-hydrogen) atoms. The van der Waals surface area contributed by atoms with Gasteiger partial charge in [0.2, 0.25) is 0 Å². The zero-order valence-corrected chi connectivity index (χ0v) is 14.8. The van der Waals surface area contributed by atoms with Crippen LogP contribution in [0.2, 0.25) is 0 Å². The Morgan fingerprint density at radius 3 is 2.38 bits per heavy atom.